The molecule has 0 bridgehead atoms. The number of carbonyl (C=O) groups excluding carboxylic acids is 1. The summed E-state index contributed by atoms with van der Waals surface area (Å²) in [6, 6.07) is 1.15. The number of nitrogens with one attached hydrogen (secondary N) is 1. The summed E-state index contributed by atoms with van der Waals surface area (Å²) in [5.41, 5.74) is 3.45. The van der Waals surface area contributed by atoms with E-state index in [1.54, 1.807) is 0 Å². The number of rotatable bonds is 3. The van der Waals surface area contributed by atoms with Crippen LogP contribution >= 0.6 is 0 Å². The predicted molar refractivity (Wildman–Crippen MR) is 107 cm³/mol. The Kier molecular flexibility index (Phi) is 6.80. The van der Waals surface area contributed by atoms with Gasteiger partial charge in [-0.25, -0.2) is 13.2 Å². The monoisotopic (exact) mass is 456 g/mol. The zero-order valence-corrected chi connectivity index (χ0v) is 21.1. The summed E-state index contributed by atoms with van der Waals surface area (Å²) in [7, 11) is -2.10. The Morgan fingerprint density at radius 1 is 1.03 bits per heavy atom. The standard InChI is InChI=1S/C19H22N4O5S.K/c1-22-10-15(17(24)23(2)19(22)26)29(27,28)21-18(25)20-16-13-7-3-5-11(13)9-12-6-4-8-14(12)16;/h9-10H,3-8H2,1-2H3,(H2,20,21,25);/q;+1/p-1. The second-order valence-corrected chi connectivity index (χ2v) is 9.05. The van der Waals surface area contributed by atoms with Crippen molar-refractivity contribution in [2.45, 2.75) is 43.4 Å². The van der Waals surface area contributed by atoms with Crippen molar-refractivity contribution in [3.05, 3.63) is 60.1 Å². The van der Waals surface area contributed by atoms with Crippen LogP contribution in [-0.2, 0) is 49.8 Å². The summed E-state index contributed by atoms with van der Waals surface area (Å²) in [5, 5.41) is 2.67. The number of hydrogen-bond acceptors (Lipinski definition) is 5. The van der Waals surface area contributed by atoms with Gasteiger partial charge in [0, 0.05) is 20.3 Å². The van der Waals surface area contributed by atoms with Crippen LogP contribution in [0.5, 0.6) is 0 Å². The van der Waals surface area contributed by atoms with Crippen molar-refractivity contribution in [2.75, 3.05) is 5.32 Å². The zero-order valence-electron chi connectivity index (χ0n) is 17.2. The molecule has 154 valence electrons. The Morgan fingerprint density at radius 2 is 1.60 bits per heavy atom. The van der Waals surface area contributed by atoms with Gasteiger partial charge in [0.2, 0.25) is 10.0 Å². The molecule has 4 rings (SSSR count). The second-order valence-electron chi connectivity index (χ2n) is 7.48. The van der Waals surface area contributed by atoms with Crippen LogP contribution in [0.25, 0.3) is 4.72 Å². The molecule has 0 radical (unpaired) electrons. The molecule has 0 aliphatic heterocycles. The molecule has 2 amide bonds. The summed E-state index contributed by atoms with van der Waals surface area (Å²) in [6.07, 6.45) is 6.40. The minimum Gasteiger partial charge on any atom is -0.423 e. The second kappa shape index (κ2) is 8.71. The molecule has 0 saturated heterocycles. The van der Waals surface area contributed by atoms with Gasteiger partial charge in [-0.3, -0.25) is 14.2 Å². The molecule has 2 aliphatic rings. The smallest absolute Gasteiger partial charge is 0.423 e. The number of benzene rings is 1. The van der Waals surface area contributed by atoms with Gasteiger partial charge in [-0.1, -0.05) is 6.07 Å². The number of nitrogens with zero attached hydrogens (tertiary/aromatic N) is 3. The number of amides is 2. The van der Waals surface area contributed by atoms with E-state index in [1.807, 2.05) is 0 Å². The summed E-state index contributed by atoms with van der Waals surface area (Å²) >= 11 is 0. The van der Waals surface area contributed by atoms with Crippen LogP contribution in [0.4, 0.5) is 10.5 Å². The van der Waals surface area contributed by atoms with Crippen LogP contribution in [0, 0.1) is 0 Å². The topological polar surface area (TPSA) is 121 Å². The van der Waals surface area contributed by atoms with Crippen molar-refractivity contribution < 1.29 is 64.6 Å². The van der Waals surface area contributed by atoms with Crippen LogP contribution in [0.15, 0.2) is 26.7 Å². The number of aryl methyl sites for hydroxylation is 3. The van der Waals surface area contributed by atoms with Gasteiger partial charge >= 0.3 is 57.1 Å². The first kappa shape index (κ1) is 23.4. The minimum absolute atomic E-state index is 0. The Bertz CT molecular complexity index is 1230. The van der Waals surface area contributed by atoms with Crippen LogP contribution in [0.1, 0.15) is 35.1 Å². The molecule has 11 heteroatoms. The number of urea groups is 1. The van der Waals surface area contributed by atoms with Crippen molar-refractivity contribution >= 4 is 21.7 Å². The number of sulfonamides is 1. The van der Waals surface area contributed by atoms with Gasteiger partial charge in [0.15, 0.2) is 10.9 Å². The first-order valence-electron chi connectivity index (χ1n) is 9.41. The maximum atomic E-state index is 12.6. The van der Waals surface area contributed by atoms with E-state index in [9.17, 15) is 22.8 Å². The number of anilines is 1. The molecule has 9 nitrogen and oxygen atoms in total. The van der Waals surface area contributed by atoms with E-state index >= 15 is 0 Å². The first-order chi connectivity index (χ1) is 13.7. The molecule has 1 aromatic carbocycles. The molecule has 30 heavy (non-hydrogen) atoms. The van der Waals surface area contributed by atoms with E-state index < -0.39 is 32.2 Å². The van der Waals surface area contributed by atoms with Gasteiger partial charge in [-0.15, -0.1) is 0 Å². The third-order valence-corrected chi connectivity index (χ3v) is 6.84. The average Bonchev–Trinajstić information content (AvgIpc) is 3.31. The molecule has 0 spiro atoms. The van der Waals surface area contributed by atoms with Gasteiger partial charge in [0.05, 0.1) is 0 Å². The maximum absolute atomic E-state index is 12.6. The molecular weight excluding hydrogens is 435 g/mol. The molecule has 0 fully saturated rings. The van der Waals surface area contributed by atoms with Gasteiger partial charge in [-0.05, 0) is 66.5 Å². The van der Waals surface area contributed by atoms with Gasteiger partial charge < -0.3 is 14.6 Å². The van der Waals surface area contributed by atoms with Crippen LogP contribution in [0.3, 0.4) is 0 Å². The minimum atomic E-state index is -4.58. The Labute approximate surface area is 216 Å². The van der Waals surface area contributed by atoms with E-state index in [0.717, 1.165) is 60.4 Å². The van der Waals surface area contributed by atoms with Gasteiger partial charge in [0.25, 0.3) is 5.56 Å². The first-order valence-corrected chi connectivity index (χ1v) is 10.8. The van der Waals surface area contributed by atoms with Crippen LogP contribution in [0.2, 0.25) is 0 Å². The van der Waals surface area contributed by atoms with Gasteiger partial charge in [-0.2, -0.15) is 0 Å². The molecule has 1 heterocycles. The maximum Gasteiger partial charge on any atom is 1.00 e. The van der Waals surface area contributed by atoms with E-state index in [2.05, 4.69) is 16.1 Å². The number of carbonyl (C=O) groups is 1. The fraction of sp³-hybridized carbons (Fsp3) is 0.421. The van der Waals surface area contributed by atoms with E-state index in [1.165, 1.54) is 25.2 Å². The van der Waals surface area contributed by atoms with Crippen molar-refractivity contribution in [1.29, 1.82) is 0 Å². The summed E-state index contributed by atoms with van der Waals surface area (Å²) in [6.45, 7) is 0. The fourth-order valence-corrected chi connectivity index (χ4v) is 5.22. The third kappa shape index (κ3) is 4.11. The molecule has 1 N–H and O–H groups in total. The van der Waals surface area contributed by atoms with E-state index in [-0.39, 0.29) is 51.4 Å². The molecule has 1 aromatic heterocycles. The quantitative estimate of drug-likeness (QED) is 0.556. The number of hydrogen-bond donors (Lipinski definition) is 1. The fourth-order valence-electron chi connectivity index (χ4n) is 4.21. The van der Waals surface area contributed by atoms with Gasteiger partial charge in [0.1, 0.15) is 0 Å². The average molecular weight is 457 g/mol. The van der Waals surface area contributed by atoms with Crippen molar-refractivity contribution in [2.24, 2.45) is 14.1 Å². The number of fused-ring (bicyclic) bond motifs is 2. The molecule has 0 saturated carbocycles. The zero-order chi connectivity index (χ0) is 20.9. The molecular formula is C19H21KN4O5S. The molecule has 0 atom stereocenters. The van der Waals surface area contributed by atoms with Crippen molar-refractivity contribution in [3.8, 4) is 0 Å². The molecule has 0 unspecified atom stereocenters. The summed E-state index contributed by atoms with van der Waals surface area (Å²) in [5.74, 6) is 0. The predicted octanol–water partition coefficient (Wildman–Crippen LogP) is -1.64. The normalized spacial score (nSPS) is 14.6. The van der Waals surface area contributed by atoms with Crippen LogP contribution in [-0.4, -0.2) is 23.6 Å². The van der Waals surface area contributed by atoms with Crippen molar-refractivity contribution in [1.82, 2.24) is 9.13 Å². The van der Waals surface area contributed by atoms with Crippen molar-refractivity contribution in [3.63, 3.8) is 0 Å². The molecule has 2 aromatic rings. The van der Waals surface area contributed by atoms with E-state index in [4.69, 9.17) is 0 Å². The largest absolute Gasteiger partial charge is 1.00 e. The Morgan fingerprint density at radius 3 is 2.17 bits per heavy atom. The van der Waals surface area contributed by atoms with E-state index in [0.29, 0.717) is 10.3 Å². The van der Waals surface area contributed by atoms with Crippen LogP contribution < -0.4 is 68.0 Å². The Balaban J connectivity index is 0.00000256. The summed E-state index contributed by atoms with van der Waals surface area (Å²) in [4.78, 5) is 35.8. The number of aromatic nitrogens is 2. The Hall–Kier alpha value is -1.24. The SMILES string of the molecule is Cn1cc(S(=O)(=O)[N-]C(=O)Nc2c3c(cc4c2CCC4)CCC3)c(=O)n(C)c1=O.[K+]. The third-order valence-electron chi connectivity index (χ3n) is 5.60. The molecule has 2 aliphatic carbocycles. The summed E-state index contributed by atoms with van der Waals surface area (Å²) < 4.78 is 30.1.